The number of nitrogens with zero attached hydrogens (tertiary/aromatic N) is 2. The number of rotatable bonds is 8. The molecule has 3 aromatic carbocycles. The van der Waals surface area contributed by atoms with Crippen LogP contribution in [-0.2, 0) is 14.3 Å². The number of nitrogens with one attached hydrogen (secondary N) is 1. The zero-order valence-electron chi connectivity index (χ0n) is 17.8. The van der Waals surface area contributed by atoms with Crippen molar-refractivity contribution < 1.29 is 23.5 Å². The summed E-state index contributed by atoms with van der Waals surface area (Å²) < 4.78 is 15.3. The smallest absolute Gasteiger partial charge is 0.344 e. The topological polar surface area (TPSA) is 120 Å². The third-order valence-corrected chi connectivity index (χ3v) is 4.50. The molecule has 0 saturated carbocycles. The highest BCUT2D eigenvalue weighted by Crippen LogP contribution is 2.21. The van der Waals surface area contributed by atoms with E-state index < -0.39 is 30.7 Å². The zero-order chi connectivity index (χ0) is 23.8. The standard InChI is InChI=1S/C25H19N3O6/c29-23(26-18-8-10-20(11-9-18)28-27-19-4-2-1-3-5-19)15-33-25(31)16-32-21-12-6-17-7-13-24(30)34-22(17)14-21/h1-14H,15-16H2,(H,26,29). The van der Waals surface area contributed by atoms with Crippen molar-refractivity contribution >= 4 is 39.9 Å². The van der Waals surface area contributed by atoms with E-state index in [1.165, 1.54) is 12.1 Å². The van der Waals surface area contributed by atoms with Crippen molar-refractivity contribution in [3.63, 3.8) is 0 Å². The Morgan fingerprint density at radius 3 is 2.29 bits per heavy atom. The summed E-state index contributed by atoms with van der Waals surface area (Å²) in [5.74, 6) is -0.895. The number of carbonyl (C=O) groups is 2. The molecule has 4 rings (SSSR count). The highest BCUT2D eigenvalue weighted by molar-refractivity contribution is 5.93. The van der Waals surface area contributed by atoms with Crippen LogP contribution >= 0.6 is 0 Å². The number of hydrogen-bond donors (Lipinski definition) is 1. The number of carbonyl (C=O) groups excluding carboxylic acids is 2. The zero-order valence-corrected chi connectivity index (χ0v) is 17.8. The molecule has 1 heterocycles. The number of azo groups is 1. The summed E-state index contributed by atoms with van der Waals surface area (Å²) in [6.07, 6.45) is 0. The summed E-state index contributed by atoms with van der Waals surface area (Å²) in [6, 6.07) is 23.8. The first-order valence-corrected chi connectivity index (χ1v) is 10.2. The van der Waals surface area contributed by atoms with E-state index in [4.69, 9.17) is 13.9 Å². The minimum atomic E-state index is -0.721. The van der Waals surface area contributed by atoms with Crippen LogP contribution in [0.15, 0.2) is 104 Å². The lowest BCUT2D eigenvalue weighted by Crippen LogP contribution is -2.23. The molecule has 1 amide bonds. The first-order valence-electron chi connectivity index (χ1n) is 10.2. The fourth-order valence-corrected chi connectivity index (χ4v) is 2.88. The molecule has 4 aromatic rings. The number of ether oxygens (including phenoxy) is 2. The minimum absolute atomic E-state index is 0.327. The molecule has 0 spiro atoms. The van der Waals surface area contributed by atoms with E-state index in [2.05, 4.69) is 15.5 Å². The molecule has 1 N–H and O–H groups in total. The monoisotopic (exact) mass is 457 g/mol. The third kappa shape index (κ3) is 6.36. The summed E-state index contributed by atoms with van der Waals surface area (Å²) in [5.41, 5.74) is 1.73. The molecule has 0 aliphatic heterocycles. The lowest BCUT2D eigenvalue weighted by Gasteiger charge is -2.08. The summed E-state index contributed by atoms with van der Waals surface area (Å²) in [6.45, 7) is -0.874. The molecule has 9 heteroatoms. The molecule has 0 unspecified atom stereocenters. The van der Waals surface area contributed by atoms with E-state index in [0.29, 0.717) is 22.7 Å². The van der Waals surface area contributed by atoms with Crippen molar-refractivity contribution in [3.05, 3.63) is 95.3 Å². The van der Waals surface area contributed by atoms with Gasteiger partial charge in [-0.1, -0.05) is 18.2 Å². The highest BCUT2D eigenvalue weighted by Gasteiger charge is 2.10. The van der Waals surface area contributed by atoms with E-state index in [-0.39, 0.29) is 0 Å². The fraction of sp³-hybridized carbons (Fsp3) is 0.0800. The number of esters is 1. The lowest BCUT2D eigenvalue weighted by molar-refractivity contribution is -0.149. The molecule has 170 valence electrons. The maximum Gasteiger partial charge on any atom is 0.344 e. The van der Waals surface area contributed by atoms with Gasteiger partial charge in [-0.05, 0) is 54.6 Å². The molecular formula is C25H19N3O6. The lowest BCUT2D eigenvalue weighted by atomic mass is 10.2. The van der Waals surface area contributed by atoms with Crippen LogP contribution in [0.4, 0.5) is 17.1 Å². The van der Waals surface area contributed by atoms with Crippen LogP contribution in [0, 0.1) is 0 Å². The first kappa shape index (κ1) is 22.4. The van der Waals surface area contributed by atoms with Gasteiger partial charge in [0.15, 0.2) is 13.2 Å². The molecule has 9 nitrogen and oxygen atoms in total. The summed E-state index contributed by atoms with van der Waals surface area (Å²) in [4.78, 5) is 35.3. The Morgan fingerprint density at radius 1 is 0.824 bits per heavy atom. The normalized spacial score (nSPS) is 10.8. The molecule has 0 fully saturated rings. The highest BCUT2D eigenvalue weighted by atomic mass is 16.6. The van der Waals surface area contributed by atoms with Crippen LogP contribution in [0.3, 0.4) is 0 Å². The van der Waals surface area contributed by atoms with Gasteiger partial charge in [0, 0.05) is 23.2 Å². The largest absolute Gasteiger partial charge is 0.482 e. The van der Waals surface area contributed by atoms with Gasteiger partial charge in [0.2, 0.25) is 0 Å². The number of amides is 1. The van der Waals surface area contributed by atoms with Crippen LogP contribution in [0.2, 0.25) is 0 Å². The minimum Gasteiger partial charge on any atom is -0.482 e. The number of hydrogen-bond acceptors (Lipinski definition) is 8. The number of fused-ring (bicyclic) bond motifs is 1. The summed E-state index contributed by atoms with van der Waals surface area (Å²) in [5, 5.41) is 11.6. The summed E-state index contributed by atoms with van der Waals surface area (Å²) in [7, 11) is 0. The molecule has 0 saturated heterocycles. The van der Waals surface area contributed by atoms with Gasteiger partial charge >= 0.3 is 11.6 Å². The van der Waals surface area contributed by atoms with Gasteiger partial charge < -0.3 is 19.2 Å². The Labute approximate surface area is 193 Å². The second kappa shape index (κ2) is 10.7. The Bertz CT molecular complexity index is 1380. The van der Waals surface area contributed by atoms with Gasteiger partial charge in [-0.25, -0.2) is 9.59 Å². The second-order valence-electron chi connectivity index (χ2n) is 7.03. The quantitative estimate of drug-likeness (QED) is 0.231. The predicted molar refractivity (Wildman–Crippen MR) is 125 cm³/mol. The predicted octanol–water partition coefficient (Wildman–Crippen LogP) is 4.77. The van der Waals surface area contributed by atoms with Crippen molar-refractivity contribution in [2.24, 2.45) is 10.2 Å². The van der Waals surface area contributed by atoms with Crippen LogP contribution in [0.25, 0.3) is 11.0 Å². The maximum atomic E-state index is 12.1. The molecule has 0 radical (unpaired) electrons. The van der Waals surface area contributed by atoms with Gasteiger partial charge in [-0.3, -0.25) is 4.79 Å². The van der Waals surface area contributed by atoms with Crippen molar-refractivity contribution in [1.82, 2.24) is 0 Å². The first-order chi connectivity index (χ1) is 16.5. The van der Waals surface area contributed by atoms with E-state index in [1.54, 1.807) is 42.5 Å². The molecular weight excluding hydrogens is 438 g/mol. The van der Waals surface area contributed by atoms with Gasteiger partial charge in [0.05, 0.1) is 11.4 Å². The van der Waals surface area contributed by atoms with Crippen molar-refractivity contribution in [2.75, 3.05) is 18.5 Å². The molecule has 0 bridgehead atoms. The molecule has 1 aromatic heterocycles. The SMILES string of the molecule is O=C(COC(=O)COc1ccc2ccc(=O)oc2c1)Nc1ccc(N=Nc2ccccc2)cc1. The van der Waals surface area contributed by atoms with Gasteiger partial charge in [-0.15, -0.1) is 0 Å². The Hall–Kier alpha value is -4.79. The van der Waals surface area contributed by atoms with E-state index >= 15 is 0 Å². The fourth-order valence-electron chi connectivity index (χ4n) is 2.88. The van der Waals surface area contributed by atoms with Crippen LogP contribution in [-0.4, -0.2) is 25.1 Å². The van der Waals surface area contributed by atoms with Crippen LogP contribution < -0.4 is 15.7 Å². The third-order valence-electron chi connectivity index (χ3n) is 4.50. The Morgan fingerprint density at radius 2 is 1.53 bits per heavy atom. The van der Waals surface area contributed by atoms with E-state index in [0.717, 1.165) is 11.1 Å². The van der Waals surface area contributed by atoms with E-state index in [9.17, 15) is 14.4 Å². The second-order valence-corrected chi connectivity index (χ2v) is 7.03. The van der Waals surface area contributed by atoms with Crippen LogP contribution in [0.1, 0.15) is 0 Å². The van der Waals surface area contributed by atoms with Crippen molar-refractivity contribution in [3.8, 4) is 5.75 Å². The average molecular weight is 457 g/mol. The van der Waals surface area contributed by atoms with Gasteiger partial charge in [0.1, 0.15) is 11.3 Å². The van der Waals surface area contributed by atoms with Crippen molar-refractivity contribution in [2.45, 2.75) is 0 Å². The molecule has 0 aliphatic carbocycles. The Kier molecular flexibility index (Phi) is 7.04. The maximum absolute atomic E-state index is 12.1. The molecule has 0 atom stereocenters. The number of benzene rings is 3. The van der Waals surface area contributed by atoms with Gasteiger partial charge in [-0.2, -0.15) is 10.2 Å². The van der Waals surface area contributed by atoms with E-state index in [1.807, 2.05) is 30.3 Å². The van der Waals surface area contributed by atoms with Gasteiger partial charge in [0.25, 0.3) is 5.91 Å². The number of anilines is 1. The molecule has 34 heavy (non-hydrogen) atoms. The van der Waals surface area contributed by atoms with Crippen LogP contribution in [0.5, 0.6) is 5.75 Å². The van der Waals surface area contributed by atoms with Crippen molar-refractivity contribution in [1.29, 1.82) is 0 Å². The summed E-state index contributed by atoms with van der Waals surface area (Å²) >= 11 is 0. The average Bonchev–Trinajstić information content (AvgIpc) is 2.86. The Balaban J connectivity index is 1.21. The molecule has 0 aliphatic rings.